The Hall–Kier alpha value is -1.99. The van der Waals surface area contributed by atoms with Gasteiger partial charge in [-0.1, -0.05) is 17.7 Å². The molecule has 1 spiro atoms. The topological polar surface area (TPSA) is 79.3 Å². The maximum absolute atomic E-state index is 11.9. The second-order valence-electron chi connectivity index (χ2n) is 9.81. The second-order valence-corrected chi connectivity index (χ2v) is 10.2. The first-order valence-corrected chi connectivity index (χ1v) is 11.8. The standard InChI is InChI=1S/C24H35ClN2O5/c1-23(2,3)32-21(28)6-4-15-31-20-16-19(25)8-7-18(20)17-27-12-5-9-24(27)10-13-26(14-11-24)22(29)30/h7-8,16H,4-6,9-15,17H2,1-3H3,(H,29,30). The molecule has 0 saturated carbocycles. The molecule has 2 fully saturated rings. The number of hydrogen-bond acceptors (Lipinski definition) is 5. The van der Waals surface area contributed by atoms with Crippen LogP contribution in [0.5, 0.6) is 5.75 Å². The molecular weight excluding hydrogens is 432 g/mol. The lowest BCUT2D eigenvalue weighted by molar-refractivity contribution is -0.155. The van der Waals surface area contributed by atoms with Gasteiger partial charge in [0.15, 0.2) is 0 Å². The van der Waals surface area contributed by atoms with Crippen LogP contribution in [-0.2, 0) is 16.1 Å². The number of rotatable bonds is 7. The van der Waals surface area contributed by atoms with Gasteiger partial charge in [-0.3, -0.25) is 9.69 Å². The van der Waals surface area contributed by atoms with Crippen molar-refractivity contribution < 1.29 is 24.2 Å². The van der Waals surface area contributed by atoms with E-state index < -0.39 is 11.7 Å². The van der Waals surface area contributed by atoms with Gasteiger partial charge in [0, 0.05) is 42.2 Å². The van der Waals surface area contributed by atoms with Gasteiger partial charge in [-0.25, -0.2) is 4.79 Å². The van der Waals surface area contributed by atoms with Crippen LogP contribution in [0.3, 0.4) is 0 Å². The SMILES string of the molecule is CC(C)(C)OC(=O)CCCOc1cc(Cl)ccc1CN1CCCC12CCN(C(=O)O)CC2. The van der Waals surface area contributed by atoms with Crippen molar-refractivity contribution in [1.29, 1.82) is 0 Å². The number of carboxylic acid groups (broad SMARTS) is 1. The van der Waals surface area contributed by atoms with Crippen LogP contribution in [0.25, 0.3) is 0 Å². The van der Waals surface area contributed by atoms with E-state index in [9.17, 15) is 14.7 Å². The molecule has 0 radical (unpaired) electrons. The van der Waals surface area contributed by atoms with E-state index in [1.54, 1.807) is 0 Å². The van der Waals surface area contributed by atoms with Gasteiger partial charge in [0.05, 0.1) is 6.61 Å². The molecule has 1 amide bonds. The van der Waals surface area contributed by atoms with Crippen LogP contribution in [-0.4, -0.2) is 64.4 Å². The quantitative estimate of drug-likeness (QED) is 0.452. The van der Waals surface area contributed by atoms with Gasteiger partial charge in [0.2, 0.25) is 0 Å². The highest BCUT2D eigenvalue weighted by Crippen LogP contribution is 2.40. The third-order valence-corrected chi connectivity index (χ3v) is 6.53. The molecule has 2 aliphatic rings. The highest BCUT2D eigenvalue weighted by molar-refractivity contribution is 6.30. The second kappa shape index (κ2) is 10.3. The number of nitrogens with zero attached hydrogens (tertiary/aromatic N) is 2. The summed E-state index contributed by atoms with van der Waals surface area (Å²) in [7, 11) is 0. The number of carbonyl (C=O) groups excluding carboxylic acids is 1. The largest absolute Gasteiger partial charge is 0.493 e. The molecule has 8 heteroatoms. The third kappa shape index (κ3) is 6.51. The lowest BCUT2D eigenvalue weighted by atomic mass is 9.85. The van der Waals surface area contributed by atoms with Gasteiger partial charge in [-0.2, -0.15) is 0 Å². The van der Waals surface area contributed by atoms with Gasteiger partial charge in [-0.15, -0.1) is 0 Å². The highest BCUT2D eigenvalue weighted by atomic mass is 35.5. The first-order chi connectivity index (χ1) is 15.1. The fourth-order valence-electron chi connectivity index (χ4n) is 4.71. The zero-order valence-electron chi connectivity index (χ0n) is 19.4. The number of hydrogen-bond donors (Lipinski definition) is 1. The zero-order chi connectivity index (χ0) is 23.4. The molecular formula is C24H35ClN2O5. The van der Waals surface area contributed by atoms with Crippen molar-refractivity contribution in [3.05, 3.63) is 28.8 Å². The average molecular weight is 467 g/mol. The van der Waals surface area contributed by atoms with Gasteiger partial charge < -0.3 is 19.5 Å². The normalized spacial score (nSPS) is 18.7. The van der Waals surface area contributed by atoms with E-state index in [0.717, 1.165) is 50.1 Å². The summed E-state index contributed by atoms with van der Waals surface area (Å²) < 4.78 is 11.4. The number of ether oxygens (including phenoxy) is 2. The number of piperidine rings is 1. The van der Waals surface area contributed by atoms with E-state index in [2.05, 4.69) is 4.90 Å². The maximum Gasteiger partial charge on any atom is 0.407 e. The molecule has 7 nitrogen and oxygen atoms in total. The van der Waals surface area contributed by atoms with Crippen molar-refractivity contribution in [2.45, 2.75) is 77.0 Å². The molecule has 2 heterocycles. The van der Waals surface area contributed by atoms with Crippen molar-refractivity contribution in [3.63, 3.8) is 0 Å². The number of likely N-dealkylation sites (tertiary alicyclic amines) is 2. The molecule has 0 aliphatic carbocycles. The summed E-state index contributed by atoms with van der Waals surface area (Å²) in [6, 6.07) is 5.71. The Morgan fingerprint density at radius 1 is 1.16 bits per heavy atom. The summed E-state index contributed by atoms with van der Waals surface area (Å²) in [5, 5.41) is 9.89. The van der Waals surface area contributed by atoms with Crippen LogP contribution in [0, 0.1) is 0 Å². The lowest BCUT2D eigenvalue weighted by Gasteiger charge is -2.44. The molecule has 0 bridgehead atoms. The highest BCUT2D eigenvalue weighted by Gasteiger charge is 2.43. The van der Waals surface area contributed by atoms with Crippen molar-refractivity contribution in [1.82, 2.24) is 9.80 Å². The Kier molecular flexibility index (Phi) is 7.93. The van der Waals surface area contributed by atoms with Gasteiger partial charge in [0.25, 0.3) is 0 Å². The van der Waals surface area contributed by atoms with Crippen LogP contribution < -0.4 is 4.74 Å². The summed E-state index contributed by atoms with van der Waals surface area (Å²) in [6.07, 6.45) is 3.98. The van der Waals surface area contributed by atoms with Gasteiger partial charge in [-0.05, 0) is 71.6 Å². The van der Waals surface area contributed by atoms with Gasteiger partial charge in [0.1, 0.15) is 11.4 Å². The molecule has 2 saturated heterocycles. The summed E-state index contributed by atoms with van der Waals surface area (Å²) in [6.45, 7) is 8.88. The lowest BCUT2D eigenvalue weighted by Crippen LogP contribution is -2.52. The van der Waals surface area contributed by atoms with E-state index in [1.807, 2.05) is 39.0 Å². The van der Waals surface area contributed by atoms with E-state index in [0.29, 0.717) is 37.6 Å². The van der Waals surface area contributed by atoms with Crippen molar-refractivity contribution in [3.8, 4) is 5.75 Å². The third-order valence-electron chi connectivity index (χ3n) is 6.30. The van der Waals surface area contributed by atoms with Crippen LogP contribution in [0.2, 0.25) is 5.02 Å². The van der Waals surface area contributed by atoms with E-state index in [4.69, 9.17) is 21.1 Å². The summed E-state index contributed by atoms with van der Waals surface area (Å²) in [5.74, 6) is 0.519. The molecule has 1 aromatic carbocycles. The molecule has 0 unspecified atom stereocenters. The molecule has 178 valence electrons. The van der Waals surface area contributed by atoms with Gasteiger partial charge >= 0.3 is 12.1 Å². The van der Waals surface area contributed by atoms with E-state index in [1.165, 1.54) is 4.90 Å². The van der Waals surface area contributed by atoms with Crippen LogP contribution in [0.4, 0.5) is 4.79 Å². The smallest absolute Gasteiger partial charge is 0.407 e. The summed E-state index contributed by atoms with van der Waals surface area (Å²) in [5.41, 5.74) is 0.637. The minimum atomic E-state index is -0.829. The van der Waals surface area contributed by atoms with Crippen molar-refractivity contribution in [2.24, 2.45) is 0 Å². The maximum atomic E-state index is 11.9. The monoisotopic (exact) mass is 466 g/mol. The number of benzene rings is 1. The molecule has 1 aromatic rings. The van der Waals surface area contributed by atoms with Crippen LogP contribution in [0.1, 0.15) is 64.9 Å². The predicted molar refractivity (Wildman–Crippen MR) is 123 cm³/mol. The Balaban J connectivity index is 1.59. The van der Waals surface area contributed by atoms with E-state index in [-0.39, 0.29) is 11.5 Å². The predicted octanol–water partition coefficient (Wildman–Crippen LogP) is 4.95. The van der Waals surface area contributed by atoms with Crippen LogP contribution >= 0.6 is 11.6 Å². The molecule has 32 heavy (non-hydrogen) atoms. The number of halogens is 1. The van der Waals surface area contributed by atoms with Crippen molar-refractivity contribution >= 4 is 23.7 Å². The molecule has 3 rings (SSSR count). The molecule has 1 N–H and O–H groups in total. The van der Waals surface area contributed by atoms with Crippen molar-refractivity contribution in [2.75, 3.05) is 26.2 Å². The first kappa shape index (κ1) is 24.6. The average Bonchev–Trinajstić information content (AvgIpc) is 3.07. The zero-order valence-corrected chi connectivity index (χ0v) is 20.1. The van der Waals surface area contributed by atoms with E-state index >= 15 is 0 Å². The Labute approximate surface area is 195 Å². The summed E-state index contributed by atoms with van der Waals surface area (Å²) >= 11 is 6.23. The molecule has 0 aromatic heterocycles. The first-order valence-electron chi connectivity index (χ1n) is 11.4. The fourth-order valence-corrected chi connectivity index (χ4v) is 4.87. The minimum Gasteiger partial charge on any atom is -0.493 e. The fraction of sp³-hybridized carbons (Fsp3) is 0.667. The molecule has 2 aliphatic heterocycles. The Bertz CT molecular complexity index is 815. The van der Waals surface area contributed by atoms with Crippen LogP contribution in [0.15, 0.2) is 18.2 Å². The summed E-state index contributed by atoms with van der Waals surface area (Å²) in [4.78, 5) is 27.2. The Morgan fingerprint density at radius 3 is 2.53 bits per heavy atom. The minimum absolute atomic E-state index is 0.0551. The number of esters is 1. The number of amides is 1. The number of carbonyl (C=O) groups is 2. The molecule has 0 atom stereocenters. The Morgan fingerprint density at radius 2 is 1.88 bits per heavy atom.